The summed E-state index contributed by atoms with van der Waals surface area (Å²) in [4.78, 5) is 11.9. The predicted octanol–water partition coefficient (Wildman–Crippen LogP) is 0.185. The van der Waals surface area contributed by atoms with Crippen LogP contribution in [0.25, 0.3) is 0 Å². The highest BCUT2D eigenvalue weighted by atomic mass is 127. The molecule has 2 aromatic rings. The lowest BCUT2D eigenvalue weighted by Crippen LogP contribution is -3.00. The smallest absolute Gasteiger partial charge is 0.412 e. The molecule has 0 fully saturated rings. The van der Waals surface area contributed by atoms with Crippen molar-refractivity contribution in [1.29, 1.82) is 0 Å². The van der Waals surface area contributed by atoms with Crippen molar-refractivity contribution in [3.63, 3.8) is 0 Å². The molecule has 6 heteroatoms. The van der Waals surface area contributed by atoms with Gasteiger partial charge in [0.2, 0.25) is 0 Å². The number of hydrogen-bond acceptors (Lipinski definition) is 3. The Morgan fingerprint density at radius 1 is 1.04 bits per heavy atom. The van der Waals surface area contributed by atoms with Gasteiger partial charge in [-0.05, 0) is 29.8 Å². The second-order valence-electron chi connectivity index (χ2n) is 6.10. The summed E-state index contributed by atoms with van der Waals surface area (Å²) in [5, 5.41) is 2.74. The number of carbonyl (C=O) groups excluding carboxylic acids is 1. The van der Waals surface area contributed by atoms with Gasteiger partial charge in [-0.25, -0.2) is 4.79 Å². The Labute approximate surface area is 160 Å². The standard InChI is InChI=1S/C18H22N2O3.HI/c1-20(2,3)15-6-5-7-17(12-15)23-18(21)19-13-14-8-10-16(22-4)11-9-14;/h5-12H,13H2,1-4H3;1H. The molecule has 0 radical (unpaired) electrons. The fourth-order valence-electron chi connectivity index (χ4n) is 2.02. The third-order valence-corrected chi connectivity index (χ3v) is 3.40. The van der Waals surface area contributed by atoms with Gasteiger partial charge in [0.25, 0.3) is 0 Å². The van der Waals surface area contributed by atoms with Crippen LogP contribution >= 0.6 is 0 Å². The molecule has 0 aliphatic carbocycles. The lowest BCUT2D eigenvalue weighted by atomic mass is 10.2. The number of amides is 1. The van der Waals surface area contributed by atoms with Crippen molar-refractivity contribution in [2.45, 2.75) is 6.54 Å². The SMILES string of the molecule is COc1ccc(CNC(=O)Oc2cccc([N+](C)(C)C)c2)cc1.[I-]. The van der Waals surface area contributed by atoms with Crippen LogP contribution in [0.2, 0.25) is 0 Å². The molecule has 0 spiro atoms. The third-order valence-electron chi connectivity index (χ3n) is 3.40. The van der Waals surface area contributed by atoms with Crippen molar-refractivity contribution >= 4 is 11.8 Å². The number of quaternary nitrogens is 1. The van der Waals surface area contributed by atoms with Crippen molar-refractivity contribution in [3.8, 4) is 11.5 Å². The molecule has 0 heterocycles. The number of carbonyl (C=O) groups is 1. The van der Waals surface area contributed by atoms with Crippen molar-refractivity contribution in [3.05, 3.63) is 54.1 Å². The monoisotopic (exact) mass is 442 g/mol. The third kappa shape index (κ3) is 6.01. The summed E-state index contributed by atoms with van der Waals surface area (Å²) in [6.07, 6.45) is -0.473. The Kier molecular flexibility index (Phi) is 7.50. The molecule has 0 saturated heterocycles. The number of hydrogen-bond donors (Lipinski definition) is 1. The van der Waals surface area contributed by atoms with Crippen LogP contribution < -0.4 is 43.3 Å². The van der Waals surface area contributed by atoms with Crippen LogP contribution in [-0.4, -0.2) is 34.3 Å². The van der Waals surface area contributed by atoms with Gasteiger partial charge in [0.15, 0.2) is 0 Å². The quantitative estimate of drug-likeness (QED) is 0.532. The van der Waals surface area contributed by atoms with Gasteiger partial charge < -0.3 is 38.8 Å². The molecular weight excluding hydrogens is 419 g/mol. The summed E-state index contributed by atoms with van der Waals surface area (Å²) in [5.74, 6) is 1.32. The Morgan fingerprint density at radius 3 is 2.29 bits per heavy atom. The van der Waals surface area contributed by atoms with E-state index in [4.69, 9.17) is 9.47 Å². The predicted molar refractivity (Wildman–Crippen MR) is 91.9 cm³/mol. The highest BCUT2D eigenvalue weighted by Gasteiger charge is 2.13. The topological polar surface area (TPSA) is 47.6 Å². The van der Waals surface area contributed by atoms with Crippen molar-refractivity contribution < 1.29 is 38.2 Å². The molecule has 1 amide bonds. The molecule has 5 nitrogen and oxygen atoms in total. The molecular formula is C18H23IN2O3. The number of rotatable bonds is 5. The zero-order valence-corrected chi connectivity index (χ0v) is 16.5. The van der Waals surface area contributed by atoms with Crippen LogP contribution in [-0.2, 0) is 6.54 Å². The average Bonchev–Trinajstić information content (AvgIpc) is 2.53. The van der Waals surface area contributed by atoms with Gasteiger partial charge in [0.05, 0.1) is 28.3 Å². The van der Waals surface area contributed by atoms with E-state index in [1.54, 1.807) is 13.2 Å². The van der Waals surface area contributed by atoms with Gasteiger partial charge in [-0.2, -0.15) is 0 Å². The summed E-state index contributed by atoms with van der Waals surface area (Å²) >= 11 is 0. The Morgan fingerprint density at radius 2 is 1.71 bits per heavy atom. The average molecular weight is 442 g/mol. The number of methoxy groups -OCH3 is 1. The zero-order chi connectivity index (χ0) is 16.9. The van der Waals surface area contributed by atoms with Gasteiger partial charge in [0, 0.05) is 12.6 Å². The highest BCUT2D eigenvalue weighted by molar-refractivity contribution is 5.70. The van der Waals surface area contributed by atoms with Crippen LogP contribution in [0.15, 0.2) is 48.5 Å². The molecule has 0 saturated carbocycles. The van der Waals surface area contributed by atoms with E-state index in [0.29, 0.717) is 16.8 Å². The first-order chi connectivity index (χ1) is 10.9. The number of halogens is 1. The highest BCUT2D eigenvalue weighted by Crippen LogP contribution is 2.22. The van der Waals surface area contributed by atoms with E-state index in [1.807, 2.05) is 42.5 Å². The van der Waals surface area contributed by atoms with Crippen LogP contribution in [0, 0.1) is 0 Å². The van der Waals surface area contributed by atoms with Crippen molar-refractivity contribution in [1.82, 2.24) is 9.80 Å². The summed E-state index contributed by atoms with van der Waals surface area (Å²) in [6.45, 7) is 0.401. The number of nitrogens with zero attached hydrogens (tertiary/aromatic N) is 1. The summed E-state index contributed by atoms with van der Waals surface area (Å²) < 4.78 is 11.1. The largest absolute Gasteiger partial charge is 1.00 e. The molecule has 2 aromatic carbocycles. The fourth-order valence-corrected chi connectivity index (χ4v) is 2.02. The van der Waals surface area contributed by atoms with E-state index in [-0.39, 0.29) is 24.0 Å². The molecule has 2 rings (SSSR count). The molecule has 1 N–H and O–H groups in total. The zero-order valence-electron chi connectivity index (χ0n) is 14.4. The molecule has 0 bridgehead atoms. The minimum atomic E-state index is -0.473. The molecule has 0 aliphatic rings. The minimum Gasteiger partial charge on any atom is -1.00 e. The lowest BCUT2D eigenvalue weighted by Gasteiger charge is -2.23. The Hall–Kier alpha value is -1.80. The van der Waals surface area contributed by atoms with Gasteiger partial charge in [-0.1, -0.05) is 18.2 Å². The lowest BCUT2D eigenvalue weighted by molar-refractivity contribution is -0.0000103. The molecule has 0 unspecified atom stereocenters. The van der Waals surface area contributed by atoms with Crippen molar-refractivity contribution in [2.24, 2.45) is 0 Å². The Balaban J connectivity index is 0.00000288. The van der Waals surface area contributed by atoms with E-state index in [9.17, 15) is 4.79 Å². The van der Waals surface area contributed by atoms with Gasteiger partial charge >= 0.3 is 6.09 Å². The van der Waals surface area contributed by atoms with E-state index >= 15 is 0 Å². The molecule has 24 heavy (non-hydrogen) atoms. The van der Waals surface area contributed by atoms with Crippen LogP contribution in [0.1, 0.15) is 5.56 Å². The van der Waals surface area contributed by atoms with Crippen LogP contribution in [0.5, 0.6) is 11.5 Å². The molecule has 0 aromatic heterocycles. The van der Waals surface area contributed by atoms with E-state index in [0.717, 1.165) is 17.0 Å². The summed E-state index contributed by atoms with van der Waals surface area (Å²) in [5.41, 5.74) is 2.04. The molecule has 130 valence electrons. The van der Waals surface area contributed by atoms with E-state index in [2.05, 4.69) is 26.5 Å². The van der Waals surface area contributed by atoms with Crippen molar-refractivity contribution in [2.75, 3.05) is 28.3 Å². The maximum atomic E-state index is 11.9. The minimum absolute atomic E-state index is 0. The van der Waals surface area contributed by atoms with Crippen LogP contribution in [0.3, 0.4) is 0 Å². The van der Waals surface area contributed by atoms with Gasteiger partial charge in [-0.15, -0.1) is 0 Å². The summed E-state index contributed by atoms with van der Waals surface area (Å²) in [7, 11) is 7.80. The second kappa shape index (κ2) is 8.89. The first-order valence-electron chi connectivity index (χ1n) is 7.39. The maximum absolute atomic E-state index is 11.9. The first-order valence-corrected chi connectivity index (χ1v) is 7.39. The Bertz CT molecular complexity index is 667. The number of nitrogens with one attached hydrogen (secondary N) is 1. The van der Waals surface area contributed by atoms with Crippen LogP contribution in [0.4, 0.5) is 10.5 Å². The number of benzene rings is 2. The maximum Gasteiger partial charge on any atom is 0.412 e. The van der Waals surface area contributed by atoms with E-state index in [1.165, 1.54) is 0 Å². The molecule has 0 aliphatic heterocycles. The second-order valence-corrected chi connectivity index (χ2v) is 6.10. The van der Waals surface area contributed by atoms with E-state index < -0.39 is 6.09 Å². The fraction of sp³-hybridized carbons (Fsp3) is 0.278. The first kappa shape index (κ1) is 20.2. The number of ether oxygens (including phenoxy) is 2. The van der Waals surface area contributed by atoms with Gasteiger partial charge in [0.1, 0.15) is 17.2 Å². The normalized spacial score (nSPS) is 10.5. The van der Waals surface area contributed by atoms with Gasteiger partial charge in [-0.3, -0.25) is 4.48 Å². The molecule has 0 atom stereocenters. The summed E-state index contributed by atoms with van der Waals surface area (Å²) in [6, 6.07) is 15.0.